The van der Waals surface area contributed by atoms with Crippen LogP contribution in [-0.4, -0.2) is 23.5 Å². The number of aliphatic hydroxyl groups is 1. The lowest BCUT2D eigenvalue weighted by Gasteiger charge is -2.14. The van der Waals surface area contributed by atoms with Crippen LogP contribution in [0.15, 0.2) is 0 Å². The normalized spacial score (nSPS) is 13.8. The Labute approximate surface area is 105 Å². The summed E-state index contributed by atoms with van der Waals surface area (Å²) in [6.45, 7) is 2.19. The van der Waals surface area contributed by atoms with E-state index in [1.165, 1.54) is 32.1 Å². The van der Waals surface area contributed by atoms with Crippen LogP contribution in [-0.2, 0) is 10.1 Å². The van der Waals surface area contributed by atoms with Gasteiger partial charge in [-0.25, -0.2) is 8.42 Å². The van der Waals surface area contributed by atoms with E-state index in [0.717, 1.165) is 19.3 Å². The Kier molecular flexibility index (Phi) is 9.78. The van der Waals surface area contributed by atoms with Crippen molar-refractivity contribution in [2.24, 2.45) is 0 Å². The van der Waals surface area contributed by atoms with Gasteiger partial charge in [-0.3, -0.25) is 0 Å². The highest BCUT2D eigenvalue weighted by molar-refractivity contribution is 7.86. The monoisotopic (exact) mass is 265 g/mol. The maximum Gasteiger partial charge on any atom is 0.143 e. The van der Waals surface area contributed by atoms with Gasteiger partial charge in [0.15, 0.2) is 0 Å². The standard InChI is InChI=1S/C12H26O4S/c1-2-3-4-5-6-7-8-9-10-11-12(13)17(14,15)16/h12-13H,2-11H2,1H3,(H,14,15,16)/p-1. The van der Waals surface area contributed by atoms with Gasteiger partial charge in [0.25, 0.3) is 0 Å². The van der Waals surface area contributed by atoms with Crippen LogP contribution in [0.4, 0.5) is 0 Å². The number of aliphatic hydroxyl groups excluding tert-OH is 1. The van der Waals surface area contributed by atoms with Gasteiger partial charge in [-0.15, -0.1) is 0 Å². The fourth-order valence-corrected chi connectivity index (χ4v) is 2.23. The van der Waals surface area contributed by atoms with E-state index in [9.17, 15) is 13.0 Å². The van der Waals surface area contributed by atoms with Gasteiger partial charge in [0.1, 0.15) is 15.6 Å². The Morgan fingerprint density at radius 1 is 0.941 bits per heavy atom. The molecule has 104 valence electrons. The van der Waals surface area contributed by atoms with Crippen molar-refractivity contribution >= 4 is 10.1 Å². The van der Waals surface area contributed by atoms with Crippen LogP contribution in [0.1, 0.15) is 71.1 Å². The summed E-state index contributed by atoms with van der Waals surface area (Å²) < 4.78 is 31.2. The van der Waals surface area contributed by atoms with Gasteiger partial charge in [0.2, 0.25) is 0 Å². The van der Waals surface area contributed by atoms with Crippen molar-refractivity contribution in [3.05, 3.63) is 0 Å². The molecule has 0 saturated heterocycles. The number of rotatable bonds is 11. The quantitative estimate of drug-likeness (QED) is 0.460. The van der Waals surface area contributed by atoms with Gasteiger partial charge in [-0.2, -0.15) is 0 Å². The van der Waals surface area contributed by atoms with Crippen molar-refractivity contribution in [2.45, 2.75) is 76.6 Å². The molecule has 0 aromatic carbocycles. The highest BCUT2D eigenvalue weighted by atomic mass is 32.2. The number of unbranched alkanes of at least 4 members (excludes halogenated alkanes) is 8. The predicted octanol–water partition coefficient (Wildman–Crippen LogP) is 2.77. The molecule has 1 N–H and O–H groups in total. The van der Waals surface area contributed by atoms with Crippen molar-refractivity contribution in [3.8, 4) is 0 Å². The fourth-order valence-electron chi connectivity index (χ4n) is 1.77. The highest BCUT2D eigenvalue weighted by Gasteiger charge is 2.10. The average Bonchev–Trinajstić information content (AvgIpc) is 2.25. The molecule has 0 aliphatic carbocycles. The second-order valence-corrected chi connectivity index (χ2v) is 6.09. The first-order chi connectivity index (χ1) is 7.98. The lowest BCUT2D eigenvalue weighted by Crippen LogP contribution is -2.19. The molecule has 1 atom stereocenters. The number of hydrogen-bond acceptors (Lipinski definition) is 4. The van der Waals surface area contributed by atoms with Crippen LogP contribution in [0, 0.1) is 0 Å². The van der Waals surface area contributed by atoms with Crippen molar-refractivity contribution in [3.63, 3.8) is 0 Å². The van der Waals surface area contributed by atoms with Gasteiger partial charge < -0.3 is 9.66 Å². The molecule has 1 unspecified atom stereocenters. The lowest BCUT2D eigenvalue weighted by atomic mass is 10.1. The zero-order valence-electron chi connectivity index (χ0n) is 10.7. The molecule has 0 aliphatic heterocycles. The highest BCUT2D eigenvalue weighted by Crippen LogP contribution is 2.12. The SMILES string of the molecule is CCCCCCCCCCCC(O)S(=O)(=O)[O-]. The maximum atomic E-state index is 10.4. The van der Waals surface area contributed by atoms with Crippen molar-refractivity contribution in [2.75, 3.05) is 0 Å². The van der Waals surface area contributed by atoms with E-state index in [4.69, 9.17) is 5.11 Å². The molecular formula is C12H25O4S-. The summed E-state index contributed by atoms with van der Waals surface area (Å²) in [6, 6.07) is 0. The first-order valence-corrected chi connectivity index (χ1v) is 8.08. The van der Waals surface area contributed by atoms with E-state index < -0.39 is 15.6 Å². The minimum atomic E-state index is -4.50. The topological polar surface area (TPSA) is 77.4 Å². The van der Waals surface area contributed by atoms with Crippen LogP contribution in [0.2, 0.25) is 0 Å². The molecule has 17 heavy (non-hydrogen) atoms. The molecule has 0 aliphatic rings. The van der Waals surface area contributed by atoms with Crippen LogP contribution < -0.4 is 0 Å². The number of hydrogen-bond donors (Lipinski definition) is 1. The molecule has 0 bridgehead atoms. The second-order valence-electron chi connectivity index (χ2n) is 4.56. The van der Waals surface area contributed by atoms with E-state index >= 15 is 0 Å². The maximum absolute atomic E-state index is 10.4. The smallest absolute Gasteiger partial charge is 0.143 e. The summed E-state index contributed by atoms with van der Waals surface area (Å²) in [4.78, 5) is 0. The third-order valence-electron chi connectivity index (χ3n) is 2.89. The van der Waals surface area contributed by atoms with E-state index in [0.29, 0.717) is 6.42 Å². The fraction of sp³-hybridized carbons (Fsp3) is 1.00. The zero-order chi connectivity index (χ0) is 13.1. The van der Waals surface area contributed by atoms with Gasteiger partial charge in [-0.1, -0.05) is 58.3 Å². The molecule has 4 nitrogen and oxygen atoms in total. The van der Waals surface area contributed by atoms with Crippen LogP contribution in [0.5, 0.6) is 0 Å². The van der Waals surface area contributed by atoms with Crippen molar-refractivity contribution in [1.29, 1.82) is 0 Å². The molecule has 0 amide bonds. The van der Waals surface area contributed by atoms with Gasteiger partial charge in [0.05, 0.1) is 0 Å². The molecule has 0 saturated carbocycles. The van der Waals surface area contributed by atoms with Gasteiger partial charge in [0, 0.05) is 0 Å². The Morgan fingerprint density at radius 2 is 1.35 bits per heavy atom. The third kappa shape index (κ3) is 10.7. The van der Waals surface area contributed by atoms with Crippen LogP contribution in [0.25, 0.3) is 0 Å². The summed E-state index contributed by atoms with van der Waals surface area (Å²) in [5, 5.41) is 8.99. The summed E-state index contributed by atoms with van der Waals surface area (Å²) in [5.74, 6) is 0. The summed E-state index contributed by atoms with van der Waals surface area (Å²) in [5.41, 5.74) is -1.72. The molecule has 0 aromatic rings. The molecule has 0 aromatic heterocycles. The predicted molar refractivity (Wildman–Crippen MR) is 67.5 cm³/mol. The Balaban J connectivity index is 3.24. The molecular weight excluding hydrogens is 240 g/mol. The van der Waals surface area contributed by atoms with Crippen molar-refractivity contribution in [1.82, 2.24) is 0 Å². The first-order valence-electron chi connectivity index (χ1n) is 6.61. The Morgan fingerprint density at radius 3 is 1.76 bits per heavy atom. The van der Waals surface area contributed by atoms with E-state index in [2.05, 4.69) is 6.92 Å². The summed E-state index contributed by atoms with van der Waals surface area (Å²) in [6.07, 6.45) is 10.1. The molecule has 0 heterocycles. The first kappa shape index (κ1) is 16.9. The summed E-state index contributed by atoms with van der Waals surface area (Å²) in [7, 11) is -4.50. The zero-order valence-corrected chi connectivity index (χ0v) is 11.5. The minimum absolute atomic E-state index is 0.0711. The third-order valence-corrected chi connectivity index (χ3v) is 3.79. The van der Waals surface area contributed by atoms with E-state index in [1.807, 2.05) is 0 Å². The molecule has 0 fully saturated rings. The Bertz CT molecular complexity index is 262. The molecule has 0 radical (unpaired) electrons. The van der Waals surface area contributed by atoms with Gasteiger partial charge >= 0.3 is 0 Å². The largest absolute Gasteiger partial charge is 0.746 e. The molecule has 0 spiro atoms. The van der Waals surface area contributed by atoms with Crippen LogP contribution in [0.3, 0.4) is 0 Å². The van der Waals surface area contributed by atoms with Crippen molar-refractivity contribution < 1.29 is 18.1 Å². The van der Waals surface area contributed by atoms with E-state index in [1.54, 1.807) is 0 Å². The second kappa shape index (κ2) is 9.85. The van der Waals surface area contributed by atoms with Crippen LogP contribution >= 0.6 is 0 Å². The Hall–Kier alpha value is -0.130. The van der Waals surface area contributed by atoms with Gasteiger partial charge in [-0.05, 0) is 12.8 Å². The summed E-state index contributed by atoms with van der Waals surface area (Å²) >= 11 is 0. The average molecular weight is 265 g/mol. The van der Waals surface area contributed by atoms with E-state index in [-0.39, 0.29) is 6.42 Å². The molecule has 5 heteroatoms. The minimum Gasteiger partial charge on any atom is -0.746 e. The lowest BCUT2D eigenvalue weighted by molar-refractivity contribution is 0.217. The molecule has 0 rings (SSSR count).